The smallest absolute Gasteiger partial charge is 0.418 e. The van der Waals surface area contributed by atoms with Crippen molar-refractivity contribution in [3.63, 3.8) is 0 Å². The zero-order chi connectivity index (χ0) is 13.0. The minimum Gasteiger partial charge on any atom is -0.418 e. The Morgan fingerprint density at radius 2 is 1.62 bits per heavy atom. The number of thioether (sulfide) groups is 1. The molecule has 0 aliphatic rings. The van der Waals surface area contributed by atoms with Crippen molar-refractivity contribution in [2.24, 2.45) is 0 Å². The van der Waals surface area contributed by atoms with E-state index in [-0.39, 0.29) is 0 Å². The fraction of sp³-hybridized carbons (Fsp3) is 1.00. The quantitative estimate of drug-likeness (QED) is 0.335. The molecule has 0 amide bonds. The summed E-state index contributed by atoms with van der Waals surface area (Å²) in [5.74, 6) is 6.05. The normalized spacial score (nSPS) is 12.9. The van der Waals surface area contributed by atoms with Gasteiger partial charge in [0.05, 0.1) is 6.61 Å². The van der Waals surface area contributed by atoms with Crippen LogP contribution in [0.4, 0.5) is 17.3 Å². The molecule has 0 aromatic carbocycles. The van der Waals surface area contributed by atoms with Crippen LogP contribution in [0.2, 0.25) is 0 Å². The molecule has 0 aromatic heterocycles. The number of aliphatic hydroxyl groups is 1. The SMILES string of the molecule is CCSCC[S+](CC)CCO.F[B-](F)(F)F. The summed E-state index contributed by atoms with van der Waals surface area (Å²) in [4.78, 5) is 0. The molecule has 0 aliphatic carbocycles. The van der Waals surface area contributed by atoms with E-state index in [1.54, 1.807) is 0 Å². The van der Waals surface area contributed by atoms with Gasteiger partial charge in [0.1, 0.15) is 17.3 Å². The lowest BCUT2D eigenvalue weighted by Crippen LogP contribution is -2.18. The molecule has 0 saturated heterocycles. The second kappa shape index (κ2) is 11.9. The summed E-state index contributed by atoms with van der Waals surface area (Å²) in [7, 11) is -5.50. The van der Waals surface area contributed by atoms with E-state index < -0.39 is 7.25 Å². The fourth-order valence-electron chi connectivity index (χ4n) is 0.841. The van der Waals surface area contributed by atoms with Crippen molar-refractivity contribution in [2.75, 3.05) is 35.4 Å². The zero-order valence-corrected chi connectivity index (χ0v) is 11.2. The summed E-state index contributed by atoms with van der Waals surface area (Å²) in [5, 5.41) is 8.72. The number of hydrogen-bond acceptors (Lipinski definition) is 2. The molecule has 16 heavy (non-hydrogen) atoms. The summed E-state index contributed by atoms with van der Waals surface area (Å²) in [5.41, 5.74) is 0. The Kier molecular flexibility index (Phi) is 14.0. The molecular formula is C8H19BF4OS2. The predicted molar refractivity (Wildman–Crippen MR) is 67.9 cm³/mol. The predicted octanol–water partition coefficient (Wildman–Crippen LogP) is 2.67. The minimum atomic E-state index is -6.00. The first-order chi connectivity index (χ1) is 7.35. The molecule has 0 aromatic rings. The summed E-state index contributed by atoms with van der Waals surface area (Å²) < 4.78 is 39.0. The summed E-state index contributed by atoms with van der Waals surface area (Å²) in [6.45, 7) is 4.78. The Balaban J connectivity index is 0. The first kappa shape index (κ1) is 18.8. The highest BCUT2D eigenvalue weighted by atomic mass is 32.2. The second-order valence-corrected chi connectivity index (χ2v) is 6.74. The molecule has 0 aliphatic heterocycles. The molecular weight excluding hydrogens is 263 g/mol. The molecule has 8 heteroatoms. The van der Waals surface area contributed by atoms with E-state index in [4.69, 9.17) is 5.11 Å². The molecule has 1 unspecified atom stereocenters. The second-order valence-electron chi connectivity index (χ2n) is 2.72. The first-order valence-electron chi connectivity index (χ1n) is 5.05. The molecule has 1 atom stereocenters. The van der Waals surface area contributed by atoms with Gasteiger partial charge in [0.25, 0.3) is 0 Å². The van der Waals surface area contributed by atoms with E-state index in [0.29, 0.717) is 17.5 Å². The Morgan fingerprint density at radius 1 is 1.12 bits per heavy atom. The molecule has 0 spiro atoms. The van der Waals surface area contributed by atoms with Crippen molar-refractivity contribution < 1.29 is 22.4 Å². The van der Waals surface area contributed by atoms with Crippen LogP contribution in [-0.2, 0) is 10.9 Å². The van der Waals surface area contributed by atoms with E-state index in [9.17, 15) is 17.3 Å². The monoisotopic (exact) mass is 282 g/mol. The highest BCUT2D eigenvalue weighted by Gasteiger charge is 2.20. The van der Waals surface area contributed by atoms with Gasteiger partial charge in [-0.3, -0.25) is 0 Å². The number of aliphatic hydroxyl groups excluding tert-OH is 1. The van der Waals surface area contributed by atoms with Crippen LogP contribution >= 0.6 is 11.8 Å². The van der Waals surface area contributed by atoms with Crippen molar-refractivity contribution in [1.82, 2.24) is 0 Å². The molecule has 0 fully saturated rings. The third-order valence-corrected chi connectivity index (χ3v) is 5.03. The van der Waals surface area contributed by atoms with Crippen LogP contribution in [0.25, 0.3) is 0 Å². The van der Waals surface area contributed by atoms with Crippen LogP contribution in [0.5, 0.6) is 0 Å². The lowest BCUT2D eigenvalue weighted by molar-refractivity contribution is 0.322. The Morgan fingerprint density at radius 3 is 1.94 bits per heavy atom. The number of hydrogen-bond donors (Lipinski definition) is 1. The molecule has 1 nitrogen and oxygen atoms in total. The van der Waals surface area contributed by atoms with Crippen LogP contribution in [0.15, 0.2) is 0 Å². The van der Waals surface area contributed by atoms with Gasteiger partial charge in [-0.25, -0.2) is 0 Å². The average molecular weight is 282 g/mol. The van der Waals surface area contributed by atoms with E-state index in [2.05, 4.69) is 13.8 Å². The zero-order valence-electron chi connectivity index (χ0n) is 9.60. The van der Waals surface area contributed by atoms with Gasteiger partial charge in [-0.1, -0.05) is 6.92 Å². The largest absolute Gasteiger partial charge is 0.673 e. The highest BCUT2D eigenvalue weighted by molar-refractivity contribution is 8.01. The highest BCUT2D eigenvalue weighted by Crippen LogP contribution is 2.06. The lowest BCUT2D eigenvalue weighted by atomic mass is 10.3. The standard InChI is InChI=1S/C8H19OS2.BF4/c1-3-10-6-8-11(4-2)7-5-9;2-1(3,4)5/h9H,3-8H2,1-2H3;/q+1;-1. The third-order valence-electron chi connectivity index (χ3n) is 1.51. The van der Waals surface area contributed by atoms with Crippen molar-refractivity contribution in [1.29, 1.82) is 0 Å². The first-order valence-corrected chi connectivity index (χ1v) is 7.93. The molecule has 0 bridgehead atoms. The Hall–Kier alpha value is 0.445. The van der Waals surface area contributed by atoms with Crippen LogP contribution < -0.4 is 0 Å². The van der Waals surface area contributed by atoms with Gasteiger partial charge in [0.15, 0.2) is 0 Å². The average Bonchev–Trinajstić information content (AvgIpc) is 2.14. The van der Waals surface area contributed by atoms with Crippen molar-refractivity contribution >= 4 is 29.9 Å². The minimum absolute atomic E-state index is 0.369. The Labute approximate surface area is 102 Å². The van der Waals surface area contributed by atoms with E-state index in [1.165, 1.54) is 23.0 Å². The van der Waals surface area contributed by atoms with Crippen LogP contribution in [0, 0.1) is 0 Å². The third kappa shape index (κ3) is 23.9. The maximum Gasteiger partial charge on any atom is 0.673 e. The van der Waals surface area contributed by atoms with Gasteiger partial charge in [0.2, 0.25) is 0 Å². The molecule has 0 heterocycles. The molecule has 100 valence electrons. The van der Waals surface area contributed by atoms with Gasteiger partial charge in [-0.05, 0) is 23.6 Å². The van der Waals surface area contributed by atoms with E-state index >= 15 is 0 Å². The van der Waals surface area contributed by atoms with Crippen LogP contribution in [-0.4, -0.2) is 47.7 Å². The van der Waals surface area contributed by atoms with Crippen LogP contribution in [0.1, 0.15) is 13.8 Å². The Bertz CT molecular complexity index is 142. The van der Waals surface area contributed by atoms with Crippen molar-refractivity contribution in [3.05, 3.63) is 0 Å². The van der Waals surface area contributed by atoms with E-state index in [1.807, 2.05) is 11.8 Å². The maximum absolute atomic E-state index is 9.75. The van der Waals surface area contributed by atoms with Crippen molar-refractivity contribution in [2.45, 2.75) is 13.8 Å². The molecule has 1 N–H and O–H groups in total. The van der Waals surface area contributed by atoms with Crippen molar-refractivity contribution in [3.8, 4) is 0 Å². The summed E-state index contributed by atoms with van der Waals surface area (Å²) in [6.07, 6.45) is 0. The van der Waals surface area contributed by atoms with Gasteiger partial charge in [-0.15, -0.1) is 0 Å². The summed E-state index contributed by atoms with van der Waals surface area (Å²) >= 11 is 2.00. The lowest BCUT2D eigenvalue weighted by Gasteiger charge is -2.03. The maximum atomic E-state index is 9.75. The molecule has 0 rings (SSSR count). The summed E-state index contributed by atoms with van der Waals surface area (Å²) in [6, 6.07) is 0. The topological polar surface area (TPSA) is 20.2 Å². The number of rotatable bonds is 7. The van der Waals surface area contributed by atoms with Gasteiger partial charge < -0.3 is 22.4 Å². The van der Waals surface area contributed by atoms with Gasteiger partial charge >= 0.3 is 7.25 Å². The van der Waals surface area contributed by atoms with Crippen LogP contribution in [0.3, 0.4) is 0 Å². The van der Waals surface area contributed by atoms with Gasteiger partial charge in [-0.2, -0.15) is 11.8 Å². The molecule has 0 saturated carbocycles. The van der Waals surface area contributed by atoms with Gasteiger partial charge in [0, 0.05) is 5.75 Å². The number of halogens is 4. The molecule has 0 radical (unpaired) electrons. The van der Waals surface area contributed by atoms with E-state index in [0.717, 1.165) is 5.75 Å². The fourth-order valence-corrected chi connectivity index (χ4v) is 3.58.